The van der Waals surface area contributed by atoms with Crippen molar-refractivity contribution >= 4 is 15.9 Å². The van der Waals surface area contributed by atoms with Gasteiger partial charge in [-0.15, -0.1) is 0 Å². The van der Waals surface area contributed by atoms with Crippen molar-refractivity contribution in [2.45, 2.75) is 12.6 Å². The molecule has 1 unspecified atom stereocenters. The van der Waals surface area contributed by atoms with Gasteiger partial charge in [-0.05, 0) is 21.5 Å². The number of imidazole rings is 1. The molecular formula is C11H11BrN2O. The lowest BCUT2D eigenvalue weighted by atomic mass is 10.1. The zero-order valence-electron chi connectivity index (χ0n) is 8.05. The minimum Gasteiger partial charge on any atom is -0.387 e. The van der Waals surface area contributed by atoms with Gasteiger partial charge in [0, 0.05) is 6.20 Å². The molecule has 0 amide bonds. The molecule has 2 rings (SSSR count). The van der Waals surface area contributed by atoms with Crippen molar-refractivity contribution in [1.29, 1.82) is 0 Å². The molecule has 0 radical (unpaired) electrons. The molecule has 0 fully saturated rings. The summed E-state index contributed by atoms with van der Waals surface area (Å²) in [5.41, 5.74) is 0.919. The summed E-state index contributed by atoms with van der Waals surface area (Å²) in [6.45, 7) is 0.516. The van der Waals surface area contributed by atoms with Crippen LogP contribution in [0.15, 0.2) is 47.5 Å². The van der Waals surface area contributed by atoms with E-state index in [1.165, 1.54) is 0 Å². The first-order chi connectivity index (χ1) is 7.25. The van der Waals surface area contributed by atoms with Gasteiger partial charge in [0.2, 0.25) is 0 Å². The normalized spacial score (nSPS) is 12.7. The third-order valence-corrected chi connectivity index (χ3v) is 2.58. The third-order valence-electron chi connectivity index (χ3n) is 2.17. The molecule has 0 aliphatic heterocycles. The van der Waals surface area contributed by atoms with Gasteiger partial charge in [0.1, 0.15) is 4.60 Å². The smallest absolute Gasteiger partial charge is 0.124 e. The van der Waals surface area contributed by atoms with Gasteiger partial charge in [0.15, 0.2) is 0 Å². The van der Waals surface area contributed by atoms with E-state index < -0.39 is 6.10 Å². The van der Waals surface area contributed by atoms with Crippen molar-refractivity contribution in [2.24, 2.45) is 0 Å². The molecule has 1 atom stereocenters. The van der Waals surface area contributed by atoms with E-state index in [0.717, 1.165) is 10.2 Å². The molecule has 78 valence electrons. The highest BCUT2D eigenvalue weighted by Gasteiger charge is 2.07. The van der Waals surface area contributed by atoms with E-state index in [1.54, 1.807) is 6.33 Å². The summed E-state index contributed by atoms with van der Waals surface area (Å²) < 4.78 is 2.63. The monoisotopic (exact) mass is 266 g/mol. The van der Waals surface area contributed by atoms with Crippen LogP contribution in [0.25, 0.3) is 0 Å². The summed E-state index contributed by atoms with van der Waals surface area (Å²) >= 11 is 3.26. The van der Waals surface area contributed by atoms with Crippen LogP contribution in [-0.4, -0.2) is 14.7 Å². The van der Waals surface area contributed by atoms with E-state index in [9.17, 15) is 5.11 Å². The molecule has 1 N–H and O–H groups in total. The lowest BCUT2D eigenvalue weighted by molar-refractivity contribution is 0.156. The SMILES string of the molecule is OC(Cn1cnc(Br)c1)c1ccccc1. The standard InChI is InChI=1S/C11H11BrN2O/c12-11-7-14(8-13-11)6-10(15)9-4-2-1-3-5-9/h1-5,7-8,10,15H,6H2. The van der Waals surface area contributed by atoms with Crippen LogP contribution in [-0.2, 0) is 6.54 Å². The second-order valence-corrected chi connectivity index (χ2v) is 4.13. The fourth-order valence-electron chi connectivity index (χ4n) is 1.41. The van der Waals surface area contributed by atoms with E-state index >= 15 is 0 Å². The van der Waals surface area contributed by atoms with E-state index in [0.29, 0.717) is 6.54 Å². The highest BCUT2D eigenvalue weighted by atomic mass is 79.9. The number of aromatic nitrogens is 2. The summed E-state index contributed by atoms with van der Waals surface area (Å²) in [6, 6.07) is 9.60. The van der Waals surface area contributed by atoms with Gasteiger partial charge in [0.25, 0.3) is 0 Å². The number of hydrogen-bond donors (Lipinski definition) is 1. The van der Waals surface area contributed by atoms with Crippen molar-refractivity contribution in [3.63, 3.8) is 0 Å². The topological polar surface area (TPSA) is 38.0 Å². The summed E-state index contributed by atoms with van der Waals surface area (Å²) in [5.74, 6) is 0. The Morgan fingerprint density at radius 3 is 2.67 bits per heavy atom. The lowest BCUT2D eigenvalue weighted by Crippen LogP contribution is -2.06. The Bertz CT molecular complexity index is 427. The Labute approximate surface area is 96.5 Å². The van der Waals surface area contributed by atoms with Gasteiger partial charge in [0.05, 0.1) is 19.0 Å². The number of nitrogens with zero attached hydrogens (tertiary/aromatic N) is 2. The molecular weight excluding hydrogens is 256 g/mol. The number of aliphatic hydroxyl groups is 1. The van der Waals surface area contributed by atoms with Crippen LogP contribution < -0.4 is 0 Å². The average Bonchev–Trinajstić information content (AvgIpc) is 2.65. The number of aliphatic hydroxyl groups excluding tert-OH is 1. The maximum Gasteiger partial charge on any atom is 0.124 e. The molecule has 0 spiro atoms. The molecule has 0 saturated heterocycles. The minimum absolute atomic E-state index is 0.493. The van der Waals surface area contributed by atoms with Gasteiger partial charge in [-0.1, -0.05) is 30.3 Å². The third kappa shape index (κ3) is 2.67. The molecule has 0 bridgehead atoms. The van der Waals surface area contributed by atoms with Crippen LogP contribution >= 0.6 is 15.9 Å². The Morgan fingerprint density at radius 1 is 1.33 bits per heavy atom. The summed E-state index contributed by atoms with van der Waals surface area (Å²) in [7, 11) is 0. The van der Waals surface area contributed by atoms with Crippen molar-refractivity contribution in [2.75, 3.05) is 0 Å². The summed E-state index contributed by atoms with van der Waals surface area (Å²) in [5, 5.41) is 9.92. The molecule has 1 heterocycles. The first-order valence-corrected chi connectivity index (χ1v) is 5.45. The van der Waals surface area contributed by atoms with Crippen LogP contribution in [0.3, 0.4) is 0 Å². The van der Waals surface area contributed by atoms with Crippen molar-refractivity contribution in [1.82, 2.24) is 9.55 Å². The van der Waals surface area contributed by atoms with Crippen molar-refractivity contribution in [3.05, 3.63) is 53.0 Å². The second kappa shape index (κ2) is 4.59. The molecule has 0 aliphatic carbocycles. The zero-order valence-corrected chi connectivity index (χ0v) is 9.63. The molecule has 0 saturated carbocycles. The maximum absolute atomic E-state index is 9.92. The molecule has 0 aliphatic rings. The number of halogens is 1. The zero-order chi connectivity index (χ0) is 10.7. The first-order valence-electron chi connectivity index (χ1n) is 4.66. The van der Waals surface area contributed by atoms with Crippen LogP contribution in [0.4, 0.5) is 0 Å². The Morgan fingerprint density at radius 2 is 2.07 bits per heavy atom. The fraction of sp³-hybridized carbons (Fsp3) is 0.182. The van der Waals surface area contributed by atoms with E-state index in [4.69, 9.17) is 0 Å². The molecule has 4 heteroatoms. The van der Waals surface area contributed by atoms with Gasteiger partial charge in [-0.25, -0.2) is 4.98 Å². The molecule has 3 nitrogen and oxygen atoms in total. The van der Waals surface area contributed by atoms with Gasteiger partial charge in [-0.2, -0.15) is 0 Å². The fourth-order valence-corrected chi connectivity index (χ4v) is 1.77. The van der Waals surface area contributed by atoms with Crippen LogP contribution in [0.5, 0.6) is 0 Å². The highest BCUT2D eigenvalue weighted by Crippen LogP contribution is 2.15. The Hall–Kier alpha value is -1.13. The first kappa shape index (κ1) is 10.4. The van der Waals surface area contributed by atoms with Gasteiger partial charge < -0.3 is 9.67 Å². The quantitative estimate of drug-likeness (QED) is 0.927. The highest BCUT2D eigenvalue weighted by molar-refractivity contribution is 9.10. The summed E-state index contributed by atoms with van der Waals surface area (Å²) in [6.07, 6.45) is 3.04. The van der Waals surface area contributed by atoms with E-state index in [1.807, 2.05) is 41.1 Å². The van der Waals surface area contributed by atoms with Crippen LogP contribution in [0, 0.1) is 0 Å². The maximum atomic E-state index is 9.92. The largest absolute Gasteiger partial charge is 0.387 e. The number of benzene rings is 1. The molecule has 2 aromatic rings. The van der Waals surface area contributed by atoms with E-state index in [-0.39, 0.29) is 0 Å². The van der Waals surface area contributed by atoms with Crippen LogP contribution in [0.2, 0.25) is 0 Å². The predicted molar refractivity (Wildman–Crippen MR) is 61.3 cm³/mol. The number of hydrogen-bond acceptors (Lipinski definition) is 2. The Balaban J connectivity index is 2.07. The van der Waals surface area contributed by atoms with Gasteiger partial charge >= 0.3 is 0 Å². The van der Waals surface area contributed by atoms with Crippen LogP contribution in [0.1, 0.15) is 11.7 Å². The summed E-state index contributed by atoms with van der Waals surface area (Å²) in [4.78, 5) is 4.03. The van der Waals surface area contributed by atoms with Crippen molar-refractivity contribution < 1.29 is 5.11 Å². The minimum atomic E-state index is -0.493. The van der Waals surface area contributed by atoms with Crippen molar-refractivity contribution in [3.8, 4) is 0 Å². The van der Waals surface area contributed by atoms with E-state index in [2.05, 4.69) is 20.9 Å². The lowest BCUT2D eigenvalue weighted by Gasteiger charge is -2.10. The number of rotatable bonds is 3. The average molecular weight is 267 g/mol. The molecule has 1 aromatic carbocycles. The Kier molecular flexibility index (Phi) is 3.18. The van der Waals surface area contributed by atoms with Gasteiger partial charge in [-0.3, -0.25) is 0 Å². The second-order valence-electron chi connectivity index (χ2n) is 3.32. The molecule has 1 aromatic heterocycles. The predicted octanol–water partition coefficient (Wildman–Crippen LogP) is 2.38. The molecule has 15 heavy (non-hydrogen) atoms.